The van der Waals surface area contributed by atoms with Crippen LogP contribution in [-0.2, 0) is 9.59 Å². The summed E-state index contributed by atoms with van der Waals surface area (Å²) in [6.45, 7) is 3.59. The van der Waals surface area contributed by atoms with Gasteiger partial charge >= 0.3 is 0 Å². The van der Waals surface area contributed by atoms with E-state index in [0.29, 0.717) is 12.1 Å². The molecule has 1 aliphatic rings. The van der Waals surface area contributed by atoms with E-state index in [2.05, 4.69) is 15.8 Å². The van der Waals surface area contributed by atoms with Crippen LogP contribution >= 0.6 is 0 Å². The lowest BCUT2D eigenvalue weighted by atomic mass is 9.94. The van der Waals surface area contributed by atoms with E-state index in [0.717, 1.165) is 11.3 Å². The summed E-state index contributed by atoms with van der Waals surface area (Å²) in [4.78, 5) is 22.7. The number of hydrogen-bond acceptors (Lipinski definition) is 4. The third-order valence-corrected chi connectivity index (χ3v) is 3.12. The van der Waals surface area contributed by atoms with E-state index < -0.39 is 6.04 Å². The van der Waals surface area contributed by atoms with Crippen molar-refractivity contribution in [2.45, 2.75) is 26.3 Å². The van der Waals surface area contributed by atoms with E-state index in [1.54, 1.807) is 19.1 Å². The quantitative estimate of drug-likeness (QED) is 0.761. The van der Waals surface area contributed by atoms with Gasteiger partial charge in [-0.1, -0.05) is 19.1 Å². The largest absolute Gasteiger partial charge is 0.325 e. The van der Waals surface area contributed by atoms with Gasteiger partial charge in [0.25, 0.3) is 0 Å². The molecule has 0 saturated heterocycles. The zero-order valence-corrected chi connectivity index (χ0v) is 11.5. The second kappa shape index (κ2) is 5.83. The fourth-order valence-corrected chi connectivity index (χ4v) is 1.98. The summed E-state index contributed by atoms with van der Waals surface area (Å²) in [5, 5.41) is 6.81. The number of rotatable bonds is 3. The van der Waals surface area contributed by atoms with E-state index >= 15 is 0 Å². The standard InChI is InChI=1S/C14H18N4O2/c1-8-7-12(19)17-18-13(8)10-3-5-11(6-4-10)16-14(20)9(2)15/h3-6,8-9H,7,15H2,1-2H3,(H,16,20)(H,17,19)/t8?,9-/m0/s1. The Bertz CT molecular complexity index is 549. The Kier molecular flexibility index (Phi) is 4.14. The van der Waals surface area contributed by atoms with Gasteiger partial charge in [0.15, 0.2) is 0 Å². The molecule has 2 amide bonds. The summed E-state index contributed by atoms with van der Waals surface area (Å²) in [5.41, 5.74) is 10.4. The first-order valence-corrected chi connectivity index (χ1v) is 6.50. The van der Waals surface area contributed by atoms with Crippen LogP contribution in [0.15, 0.2) is 29.4 Å². The van der Waals surface area contributed by atoms with Gasteiger partial charge in [-0.2, -0.15) is 5.10 Å². The Morgan fingerprint density at radius 3 is 2.65 bits per heavy atom. The first-order chi connectivity index (χ1) is 9.47. The smallest absolute Gasteiger partial charge is 0.240 e. The molecule has 2 rings (SSSR count). The van der Waals surface area contributed by atoms with Crippen LogP contribution in [0.4, 0.5) is 5.69 Å². The van der Waals surface area contributed by atoms with E-state index in [1.807, 2.05) is 19.1 Å². The molecule has 0 aromatic heterocycles. The predicted octanol–water partition coefficient (Wildman–Crippen LogP) is 0.832. The van der Waals surface area contributed by atoms with E-state index in [-0.39, 0.29) is 17.7 Å². The number of benzene rings is 1. The third kappa shape index (κ3) is 3.21. The van der Waals surface area contributed by atoms with Crippen molar-refractivity contribution < 1.29 is 9.59 Å². The lowest BCUT2D eigenvalue weighted by molar-refractivity contribution is -0.122. The third-order valence-electron chi connectivity index (χ3n) is 3.12. The molecule has 106 valence electrons. The molecule has 0 spiro atoms. The second-order valence-electron chi connectivity index (χ2n) is 4.99. The number of nitrogens with one attached hydrogen (secondary N) is 2. The minimum Gasteiger partial charge on any atom is -0.325 e. The molecule has 20 heavy (non-hydrogen) atoms. The Hall–Kier alpha value is -2.21. The molecule has 0 fully saturated rings. The van der Waals surface area contributed by atoms with Crippen molar-refractivity contribution in [3.63, 3.8) is 0 Å². The minimum atomic E-state index is -0.548. The molecular weight excluding hydrogens is 256 g/mol. The van der Waals surface area contributed by atoms with E-state index in [9.17, 15) is 9.59 Å². The Labute approximate surface area is 117 Å². The number of nitrogens with zero attached hydrogens (tertiary/aromatic N) is 1. The average molecular weight is 274 g/mol. The van der Waals surface area contributed by atoms with Crippen LogP contribution in [-0.4, -0.2) is 23.6 Å². The highest BCUT2D eigenvalue weighted by Crippen LogP contribution is 2.18. The van der Waals surface area contributed by atoms with Crippen molar-refractivity contribution in [2.75, 3.05) is 5.32 Å². The summed E-state index contributed by atoms with van der Waals surface area (Å²) in [7, 11) is 0. The van der Waals surface area contributed by atoms with Gasteiger partial charge in [0, 0.05) is 18.0 Å². The highest BCUT2D eigenvalue weighted by molar-refractivity contribution is 6.06. The molecule has 0 saturated carbocycles. The molecule has 1 aromatic rings. The van der Waals surface area contributed by atoms with Gasteiger partial charge in [-0.15, -0.1) is 0 Å². The normalized spacial score (nSPS) is 19.9. The van der Waals surface area contributed by atoms with Crippen LogP contribution in [0.3, 0.4) is 0 Å². The van der Waals surface area contributed by atoms with Crippen molar-refractivity contribution in [3.8, 4) is 0 Å². The molecule has 1 heterocycles. The van der Waals surface area contributed by atoms with Crippen LogP contribution in [0, 0.1) is 5.92 Å². The minimum absolute atomic E-state index is 0.0675. The molecule has 2 atom stereocenters. The van der Waals surface area contributed by atoms with Gasteiger partial charge in [0.2, 0.25) is 11.8 Å². The maximum atomic E-state index is 11.5. The van der Waals surface area contributed by atoms with Crippen LogP contribution in [0.5, 0.6) is 0 Å². The number of hydrogen-bond donors (Lipinski definition) is 3. The molecule has 6 nitrogen and oxygen atoms in total. The van der Waals surface area contributed by atoms with Gasteiger partial charge in [0.1, 0.15) is 0 Å². The first-order valence-electron chi connectivity index (χ1n) is 6.50. The summed E-state index contributed by atoms with van der Waals surface area (Å²) >= 11 is 0. The Morgan fingerprint density at radius 1 is 1.45 bits per heavy atom. The predicted molar refractivity (Wildman–Crippen MR) is 77.2 cm³/mol. The molecule has 0 bridgehead atoms. The number of hydrazone groups is 1. The monoisotopic (exact) mass is 274 g/mol. The Balaban J connectivity index is 2.12. The first kappa shape index (κ1) is 14.2. The van der Waals surface area contributed by atoms with Crippen LogP contribution < -0.4 is 16.5 Å². The second-order valence-corrected chi connectivity index (χ2v) is 4.99. The summed E-state index contributed by atoms with van der Waals surface area (Å²) in [5.74, 6) is -0.219. The number of carbonyl (C=O) groups is 2. The lowest BCUT2D eigenvalue weighted by Gasteiger charge is -2.19. The van der Waals surface area contributed by atoms with Crippen LogP contribution in [0.1, 0.15) is 25.8 Å². The summed E-state index contributed by atoms with van der Waals surface area (Å²) in [6, 6.07) is 6.77. The Morgan fingerprint density at radius 2 is 2.10 bits per heavy atom. The maximum Gasteiger partial charge on any atom is 0.240 e. The number of carbonyl (C=O) groups excluding carboxylic acids is 2. The fourth-order valence-electron chi connectivity index (χ4n) is 1.98. The van der Waals surface area contributed by atoms with Gasteiger partial charge in [-0.25, -0.2) is 5.43 Å². The summed E-state index contributed by atoms with van der Waals surface area (Å²) in [6.07, 6.45) is 0.433. The van der Waals surface area contributed by atoms with Crippen LogP contribution in [0.25, 0.3) is 0 Å². The number of amides is 2. The van der Waals surface area contributed by atoms with Gasteiger partial charge in [-0.05, 0) is 24.6 Å². The molecule has 1 aromatic carbocycles. The van der Waals surface area contributed by atoms with Gasteiger partial charge < -0.3 is 11.1 Å². The molecule has 0 aliphatic carbocycles. The van der Waals surface area contributed by atoms with Gasteiger partial charge in [-0.3, -0.25) is 9.59 Å². The highest BCUT2D eigenvalue weighted by Gasteiger charge is 2.21. The van der Waals surface area contributed by atoms with Crippen LogP contribution in [0.2, 0.25) is 0 Å². The number of anilines is 1. The van der Waals surface area contributed by atoms with Gasteiger partial charge in [0.05, 0.1) is 11.8 Å². The molecule has 1 unspecified atom stereocenters. The number of nitrogens with two attached hydrogens (primary N) is 1. The summed E-state index contributed by atoms with van der Waals surface area (Å²) < 4.78 is 0. The molecule has 1 aliphatic heterocycles. The SMILES string of the molecule is CC1CC(=O)NN=C1c1ccc(NC(=O)[C@H](C)N)cc1. The zero-order valence-electron chi connectivity index (χ0n) is 11.5. The maximum absolute atomic E-state index is 11.5. The van der Waals surface area contributed by atoms with Crippen molar-refractivity contribution in [1.82, 2.24) is 5.43 Å². The van der Waals surface area contributed by atoms with E-state index in [1.165, 1.54) is 0 Å². The fraction of sp³-hybridized carbons (Fsp3) is 0.357. The topological polar surface area (TPSA) is 96.6 Å². The highest BCUT2D eigenvalue weighted by atomic mass is 16.2. The molecular formula is C14H18N4O2. The van der Waals surface area contributed by atoms with E-state index in [4.69, 9.17) is 5.73 Å². The lowest BCUT2D eigenvalue weighted by Crippen LogP contribution is -2.32. The van der Waals surface area contributed by atoms with Crippen molar-refractivity contribution in [2.24, 2.45) is 16.8 Å². The molecule has 0 radical (unpaired) electrons. The average Bonchev–Trinajstić information content (AvgIpc) is 2.40. The zero-order chi connectivity index (χ0) is 14.7. The van der Waals surface area contributed by atoms with Crippen molar-refractivity contribution in [3.05, 3.63) is 29.8 Å². The van der Waals surface area contributed by atoms with Crippen molar-refractivity contribution >= 4 is 23.2 Å². The molecule has 6 heteroatoms. The molecule has 4 N–H and O–H groups in total. The van der Waals surface area contributed by atoms with Crippen molar-refractivity contribution in [1.29, 1.82) is 0 Å².